The summed E-state index contributed by atoms with van der Waals surface area (Å²) in [5.41, 5.74) is 1.43. The number of amides is 3. The van der Waals surface area contributed by atoms with Crippen molar-refractivity contribution in [3.63, 3.8) is 0 Å². The van der Waals surface area contributed by atoms with Crippen molar-refractivity contribution in [1.29, 1.82) is 0 Å². The van der Waals surface area contributed by atoms with Gasteiger partial charge in [0.05, 0.1) is 6.26 Å². The third-order valence-corrected chi connectivity index (χ3v) is 5.67. The summed E-state index contributed by atoms with van der Waals surface area (Å²) < 4.78 is 5.22. The number of nitrogens with one attached hydrogen (secondary N) is 2. The summed E-state index contributed by atoms with van der Waals surface area (Å²) in [6.07, 6.45) is 2.73. The van der Waals surface area contributed by atoms with E-state index in [2.05, 4.69) is 10.6 Å². The van der Waals surface area contributed by atoms with Crippen LogP contribution in [0.2, 0.25) is 0 Å². The van der Waals surface area contributed by atoms with Gasteiger partial charge in [-0.15, -0.1) is 0 Å². The van der Waals surface area contributed by atoms with Gasteiger partial charge >= 0.3 is 0 Å². The van der Waals surface area contributed by atoms with Crippen molar-refractivity contribution in [2.45, 2.75) is 39.7 Å². The van der Waals surface area contributed by atoms with Crippen LogP contribution >= 0.6 is 0 Å². The Kier molecular flexibility index (Phi) is 7.50. The molecule has 2 aromatic rings. The molecule has 3 amide bonds. The van der Waals surface area contributed by atoms with Crippen LogP contribution in [0.1, 0.15) is 53.2 Å². The van der Waals surface area contributed by atoms with Crippen LogP contribution in [-0.4, -0.2) is 48.3 Å². The smallest absolute Gasteiger partial charge is 0.289 e. The van der Waals surface area contributed by atoms with Crippen LogP contribution in [0.5, 0.6) is 0 Å². The van der Waals surface area contributed by atoms with E-state index in [1.54, 1.807) is 23.1 Å². The van der Waals surface area contributed by atoms with Gasteiger partial charge < -0.3 is 20.0 Å². The average Bonchev–Trinajstić information content (AvgIpc) is 3.30. The van der Waals surface area contributed by atoms with Crippen molar-refractivity contribution in [2.24, 2.45) is 11.8 Å². The molecule has 2 heterocycles. The molecule has 1 aromatic carbocycles. The number of aryl methyl sites for hydroxylation is 1. The van der Waals surface area contributed by atoms with Crippen LogP contribution in [0.15, 0.2) is 47.1 Å². The Morgan fingerprint density at radius 1 is 1.10 bits per heavy atom. The molecule has 1 aliphatic rings. The van der Waals surface area contributed by atoms with Gasteiger partial charge in [0.25, 0.3) is 11.8 Å². The van der Waals surface area contributed by atoms with Gasteiger partial charge in [0.1, 0.15) is 6.04 Å². The zero-order valence-corrected chi connectivity index (χ0v) is 18.4. The van der Waals surface area contributed by atoms with Gasteiger partial charge in [-0.25, -0.2) is 0 Å². The normalized spacial score (nSPS) is 15.5. The fraction of sp³-hybridized carbons (Fsp3) is 0.458. The number of likely N-dealkylation sites (tertiary alicyclic amines) is 1. The topological polar surface area (TPSA) is 91.7 Å². The Bertz CT molecular complexity index is 899. The highest BCUT2D eigenvalue weighted by atomic mass is 16.3. The highest BCUT2D eigenvalue weighted by molar-refractivity contribution is 5.98. The fourth-order valence-corrected chi connectivity index (χ4v) is 3.85. The Morgan fingerprint density at radius 3 is 2.42 bits per heavy atom. The van der Waals surface area contributed by atoms with Gasteiger partial charge in [-0.2, -0.15) is 0 Å². The first-order valence-electron chi connectivity index (χ1n) is 10.8. The SMILES string of the molecule is Cc1ccccc1C(=O)N[C@H](C(=O)NCC(C)C)C1CCN(C(=O)c2ccco2)CC1. The van der Waals surface area contributed by atoms with E-state index in [4.69, 9.17) is 4.42 Å². The van der Waals surface area contributed by atoms with Crippen LogP contribution in [-0.2, 0) is 4.79 Å². The van der Waals surface area contributed by atoms with Crippen molar-refractivity contribution in [2.75, 3.05) is 19.6 Å². The lowest BCUT2D eigenvalue weighted by molar-refractivity contribution is -0.124. The van der Waals surface area contributed by atoms with Crippen molar-refractivity contribution < 1.29 is 18.8 Å². The summed E-state index contributed by atoms with van der Waals surface area (Å²) in [7, 11) is 0. The van der Waals surface area contributed by atoms with Crippen molar-refractivity contribution in [3.8, 4) is 0 Å². The lowest BCUT2D eigenvalue weighted by Gasteiger charge is -2.35. The number of hydrogen-bond acceptors (Lipinski definition) is 4. The number of piperidine rings is 1. The molecule has 31 heavy (non-hydrogen) atoms. The third kappa shape index (κ3) is 5.75. The molecule has 7 heteroatoms. The quantitative estimate of drug-likeness (QED) is 0.713. The zero-order valence-electron chi connectivity index (χ0n) is 18.4. The van der Waals surface area contributed by atoms with Gasteiger partial charge in [0.15, 0.2) is 5.76 Å². The van der Waals surface area contributed by atoms with E-state index in [1.807, 2.05) is 39.0 Å². The summed E-state index contributed by atoms with van der Waals surface area (Å²) in [5.74, 6) is -0.000660. The number of rotatable bonds is 7. The predicted octanol–water partition coefficient (Wildman–Crippen LogP) is 3.01. The Labute approximate surface area is 183 Å². The molecule has 0 aliphatic carbocycles. The summed E-state index contributed by atoms with van der Waals surface area (Å²) in [4.78, 5) is 40.2. The molecule has 0 unspecified atom stereocenters. The molecule has 7 nitrogen and oxygen atoms in total. The lowest BCUT2D eigenvalue weighted by atomic mass is 9.88. The molecule has 1 aromatic heterocycles. The summed E-state index contributed by atoms with van der Waals surface area (Å²) in [6.45, 7) is 7.50. The summed E-state index contributed by atoms with van der Waals surface area (Å²) >= 11 is 0. The Morgan fingerprint density at radius 2 is 1.81 bits per heavy atom. The molecule has 0 saturated carbocycles. The first-order chi connectivity index (χ1) is 14.9. The molecule has 1 fully saturated rings. The molecule has 0 spiro atoms. The molecule has 0 radical (unpaired) electrons. The van der Waals surface area contributed by atoms with Gasteiger partial charge in [-0.05, 0) is 55.4 Å². The highest BCUT2D eigenvalue weighted by Gasteiger charge is 2.34. The standard InChI is InChI=1S/C24H31N3O4/c1-16(2)15-25-23(29)21(26-22(28)19-8-5-4-7-17(19)3)18-10-12-27(13-11-18)24(30)20-9-6-14-31-20/h4-9,14,16,18,21H,10-13,15H2,1-3H3,(H,25,29)(H,26,28)/t21-/m0/s1. The van der Waals surface area contributed by atoms with Gasteiger partial charge in [0, 0.05) is 25.2 Å². The van der Waals surface area contributed by atoms with Crippen LogP contribution in [0.3, 0.4) is 0 Å². The molecule has 1 aliphatic heterocycles. The summed E-state index contributed by atoms with van der Waals surface area (Å²) in [5, 5.41) is 5.92. The van der Waals surface area contributed by atoms with Crippen molar-refractivity contribution in [1.82, 2.24) is 15.5 Å². The summed E-state index contributed by atoms with van der Waals surface area (Å²) in [6, 6.07) is 10.0. The molecule has 3 rings (SSSR count). The molecular weight excluding hydrogens is 394 g/mol. The number of nitrogens with zero attached hydrogens (tertiary/aromatic N) is 1. The third-order valence-electron chi connectivity index (χ3n) is 5.67. The number of benzene rings is 1. The van der Waals surface area contributed by atoms with Gasteiger partial charge in [0.2, 0.25) is 5.91 Å². The first kappa shape index (κ1) is 22.6. The molecule has 0 bridgehead atoms. The highest BCUT2D eigenvalue weighted by Crippen LogP contribution is 2.23. The van der Waals surface area contributed by atoms with E-state index in [-0.39, 0.29) is 23.6 Å². The second-order valence-corrected chi connectivity index (χ2v) is 8.51. The van der Waals surface area contributed by atoms with Crippen LogP contribution in [0, 0.1) is 18.8 Å². The zero-order chi connectivity index (χ0) is 22.4. The lowest BCUT2D eigenvalue weighted by Crippen LogP contribution is -2.54. The van der Waals surface area contributed by atoms with E-state index >= 15 is 0 Å². The monoisotopic (exact) mass is 425 g/mol. The fourth-order valence-electron chi connectivity index (χ4n) is 3.85. The van der Waals surface area contributed by atoms with Crippen LogP contribution in [0.25, 0.3) is 0 Å². The number of hydrogen-bond donors (Lipinski definition) is 2. The number of furan rings is 1. The Balaban J connectivity index is 1.69. The number of carbonyl (C=O) groups is 3. The van der Waals surface area contributed by atoms with E-state index in [0.29, 0.717) is 49.7 Å². The van der Waals surface area contributed by atoms with E-state index in [1.165, 1.54) is 6.26 Å². The minimum absolute atomic E-state index is 0.0548. The molecule has 2 N–H and O–H groups in total. The molecule has 166 valence electrons. The maximum absolute atomic E-state index is 13.0. The van der Waals surface area contributed by atoms with Crippen LogP contribution in [0.4, 0.5) is 0 Å². The maximum Gasteiger partial charge on any atom is 0.289 e. The molecular formula is C24H31N3O4. The molecule has 1 atom stereocenters. The van der Waals surface area contributed by atoms with Crippen molar-refractivity contribution in [3.05, 3.63) is 59.5 Å². The van der Waals surface area contributed by atoms with Crippen molar-refractivity contribution >= 4 is 17.7 Å². The second kappa shape index (κ2) is 10.3. The van der Waals surface area contributed by atoms with Gasteiger partial charge in [-0.1, -0.05) is 32.0 Å². The first-order valence-corrected chi connectivity index (χ1v) is 10.8. The largest absolute Gasteiger partial charge is 0.459 e. The molecule has 1 saturated heterocycles. The van der Waals surface area contributed by atoms with E-state index < -0.39 is 6.04 Å². The van der Waals surface area contributed by atoms with Crippen LogP contribution < -0.4 is 10.6 Å². The minimum Gasteiger partial charge on any atom is -0.459 e. The second-order valence-electron chi connectivity index (χ2n) is 8.51. The number of carbonyl (C=O) groups excluding carboxylic acids is 3. The van der Waals surface area contributed by atoms with Gasteiger partial charge in [-0.3, -0.25) is 14.4 Å². The van der Waals surface area contributed by atoms with E-state index in [0.717, 1.165) is 5.56 Å². The minimum atomic E-state index is -0.647. The maximum atomic E-state index is 13.0. The average molecular weight is 426 g/mol. The Hall–Kier alpha value is -3.09. The van der Waals surface area contributed by atoms with E-state index in [9.17, 15) is 14.4 Å². The predicted molar refractivity (Wildman–Crippen MR) is 118 cm³/mol.